The fourth-order valence-electron chi connectivity index (χ4n) is 3.32. The summed E-state index contributed by atoms with van der Waals surface area (Å²) < 4.78 is 23.9. The predicted octanol–water partition coefficient (Wildman–Crippen LogP) is 3.89. The first-order chi connectivity index (χ1) is 14.2. The van der Waals surface area contributed by atoms with Crippen molar-refractivity contribution < 1.29 is 13.9 Å². The van der Waals surface area contributed by atoms with Gasteiger partial charge in [-0.3, -0.25) is 4.98 Å². The Kier molecular flexibility index (Phi) is 5.37. The molecule has 0 aliphatic rings. The van der Waals surface area contributed by atoms with Crippen molar-refractivity contribution in [2.24, 2.45) is 0 Å². The standard InChI is InChI=1S/C22H21FN4O2/c1-28-19-9-20-16(11-25-21(20)26-13-19)7-14-3-5-18(24-10-14)6-4-15-8-17(23)12-27-22(15)29-2/h3,5,8-13H,4,6-7H2,1-2H3,(H,25,26). The molecule has 4 heterocycles. The summed E-state index contributed by atoms with van der Waals surface area (Å²) in [5, 5.41) is 1.04. The van der Waals surface area contributed by atoms with Crippen molar-refractivity contribution in [1.82, 2.24) is 19.9 Å². The Labute approximate surface area is 167 Å². The van der Waals surface area contributed by atoms with Crippen LogP contribution >= 0.6 is 0 Å². The highest BCUT2D eigenvalue weighted by Crippen LogP contribution is 2.24. The highest BCUT2D eigenvalue weighted by Gasteiger charge is 2.09. The van der Waals surface area contributed by atoms with Crippen LogP contribution in [0.5, 0.6) is 11.6 Å². The van der Waals surface area contributed by atoms with E-state index in [1.807, 2.05) is 24.5 Å². The molecule has 0 saturated carbocycles. The van der Waals surface area contributed by atoms with Crippen molar-refractivity contribution in [3.8, 4) is 11.6 Å². The molecule has 0 bridgehead atoms. The zero-order valence-corrected chi connectivity index (χ0v) is 16.3. The number of nitrogens with zero attached hydrogens (tertiary/aromatic N) is 3. The van der Waals surface area contributed by atoms with Crippen LogP contribution in [0.4, 0.5) is 4.39 Å². The Balaban J connectivity index is 1.45. The van der Waals surface area contributed by atoms with Crippen LogP contribution in [0.3, 0.4) is 0 Å². The van der Waals surface area contributed by atoms with E-state index in [-0.39, 0.29) is 5.82 Å². The number of aromatic amines is 1. The maximum absolute atomic E-state index is 13.5. The van der Waals surface area contributed by atoms with Crippen LogP contribution in [0.2, 0.25) is 0 Å². The van der Waals surface area contributed by atoms with Gasteiger partial charge >= 0.3 is 0 Å². The van der Waals surface area contributed by atoms with Crippen molar-refractivity contribution in [2.45, 2.75) is 19.3 Å². The van der Waals surface area contributed by atoms with Crippen LogP contribution in [-0.4, -0.2) is 34.2 Å². The van der Waals surface area contributed by atoms with E-state index in [9.17, 15) is 4.39 Å². The Bertz CT molecular complexity index is 1130. The second-order valence-electron chi connectivity index (χ2n) is 6.74. The molecule has 0 saturated heterocycles. The molecule has 4 aromatic heterocycles. The van der Waals surface area contributed by atoms with Gasteiger partial charge in [0, 0.05) is 35.5 Å². The number of nitrogens with one attached hydrogen (secondary N) is 1. The molecule has 0 fully saturated rings. The van der Waals surface area contributed by atoms with Crippen LogP contribution < -0.4 is 9.47 Å². The van der Waals surface area contributed by atoms with Gasteiger partial charge in [0.15, 0.2) is 0 Å². The summed E-state index contributed by atoms with van der Waals surface area (Å²) in [6.45, 7) is 0. The lowest BCUT2D eigenvalue weighted by Crippen LogP contribution is -2.00. The van der Waals surface area contributed by atoms with Gasteiger partial charge in [-0.05, 0) is 42.2 Å². The second-order valence-corrected chi connectivity index (χ2v) is 6.74. The first kappa shape index (κ1) is 18.9. The number of pyridine rings is 3. The van der Waals surface area contributed by atoms with Gasteiger partial charge in [0.05, 0.1) is 26.6 Å². The van der Waals surface area contributed by atoms with Crippen molar-refractivity contribution in [3.63, 3.8) is 0 Å². The molecule has 4 rings (SSSR count). The maximum atomic E-state index is 13.5. The monoisotopic (exact) mass is 392 g/mol. The minimum absolute atomic E-state index is 0.367. The summed E-state index contributed by atoms with van der Waals surface area (Å²) in [6, 6.07) is 7.51. The largest absolute Gasteiger partial charge is 0.495 e. The van der Waals surface area contributed by atoms with Crippen molar-refractivity contribution in [1.29, 1.82) is 0 Å². The highest BCUT2D eigenvalue weighted by molar-refractivity contribution is 5.81. The van der Waals surface area contributed by atoms with E-state index < -0.39 is 0 Å². The van der Waals surface area contributed by atoms with Crippen molar-refractivity contribution in [3.05, 3.63) is 77.3 Å². The molecule has 0 amide bonds. The first-order valence-corrected chi connectivity index (χ1v) is 9.28. The molecule has 6 nitrogen and oxygen atoms in total. The van der Waals surface area contributed by atoms with E-state index in [0.717, 1.165) is 51.8 Å². The van der Waals surface area contributed by atoms with Gasteiger partial charge in [-0.2, -0.15) is 0 Å². The average molecular weight is 392 g/mol. The Morgan fingerprint density at radius 3 is 2.59 bits per heavy atom. The number of hydrogen-bond donors (Lipinski definition) is 1. The molecule has 148 valence electrons. The number of aryl methyl sites for hydroxylation is 2. The van der Waals surface area contributed by atoms with Gasteiger partial charge in [-0.25, -0.2) is 14.4 Å². The smallest absolute Gasteiger partial charge is 0.216 e. The molecular formula is C22H21FN4O2. The van der Waals surface area contributed by atoms with Gasteiger partial charge < -0.3 is 14.5 Å². The Morgan fingerprint density at radius 1 is 0.931 bits per heavy atom. The number of halogens is 1. The SMILES string of the molecule is COc1cnc2[nH]cc(Cc3ccc(CCc4cc(F)cnc4OC)nc3)c2c1. The van der Waals surface area contributed by atoms with Crippen LogP contribution in [0, 0.1) is 5.82 Å². The zero-order valence-electron chi connectivity index (χ0n) is 16.3. The van der Waals surface area contributed by atoms with E-state index in [4.69, 9.17) is 9.47 Å². The van der Waals surface area contributed by atoms with E-state index >= 15 is 0 Å². The summed E-state index contributed by atoms with van der Waals surface area (Å²) in [5.74, 6) is 0.814. The molecule has 0 radical (unpaired) electrons. The summed E-state index contributed by atoms with van der Waals surface area (Å²) in [7, 11) is 3.17. The van der Waals surface area contributed by atoms with Gasteiger partial charge in [0.2, 0.25) is 5.88 Å². The van der Waals surface area contributed by atoms with E-state index in [1.54, 1.807) is 13.3 Å². The van der Waals surface area contributed by atoms with Crippen LogP contribution in [-0.2, 0) is 19.3 Å². The number of fused-ring (bicyclic) bond motifs is 1. The minimum atomic E-state index is -0.367. The van der Waals surface area contributed by atoms with E-state index in [1.165, 1.54) is 13.2 Å². The summed E-state index contributed by atoms with van der Waals surface area (Å²) in [5.41, 5.74) is 4.74. The summed E-state index contributed by atoms with van der Waals surface area (Å²) in [6.07, 6.45) is 8.72. The van der Waals surface area contributed by atoms with E-state index in [0.29, 0.717) is 18.7 Å². The number of methoxy groups -OCH3 is 2. The minimum Gasteiger partial charge on any atom is -0.495 e. The highest BCUT2D eigenvalue weighted by atomic mass is 19.1. The summed E-state index contributed by atoms with van der Waals surface area (Å²) >= 11 is 0. The Morgan fingerprint density at radius 2 is 1.83 bits per heavy atom. The maximum Gasteiger partial charge on any atom is 0.216 e. The average Bonchev–Trinajstić information content (AvgIpc) is 3.15. The number of hydrogen-bond acceptors (Lipinski definition) is 5. The van der Waals surface area contributed by atoms with Crippen LogP contribution in [0.25, 0.3) is 11.0 Å². The predicted molar refractivity (Wildman–Crippen MR) is 108 cm³/mol. The number of H-pyrrole nitrogens is 1. The van der Waals surface area contributed by atoms with Crippen LogP contribution in [0.1, 0.15) is 22.4 Å². The lowest BCUT2D eigenvalue weighted by molar-refractivity contribution is 0.390. The molecule has 0 unspecified atom stereocenters. The molecular weight excluding hydrogens is 371 g/mol. The summed E-state index contributed by atoms with van der Waals surface area (Å²) in [4.78, 5) is 16.1. The third kappa shape index (κ3) is 4.18. The lowest BCUT2D eigenvalue weighted by atomic mass is 10.0. The molecule has 1 N–H and O–H groups in total. The van der Waals surface area contributed by atoms with Crippen molar-refractivity contribution >= 4 is 11.0 Å². The normalized spacial score (nSPS) is 11.0. The third-order valence-corrected chi connectivity index (χ3v) is 4.84. The fraction of sp³-hybridized carbons (Fsp3) is 0.227. The molecule has 0 atom stereocenters. The molecule has 0 aliphatic carbocycles. The number of aromatic nitrogens is 4. The lowest BCUT2D eigenvalue weighted by Gasteiger charge is -2.07. The third-order valence-electron chi connectivity index (χ3n) is 4.84. The van der Waals surface area contributed by atoms with Crippen molar-refractivity contribution in [2.75, 3.05) is 14.2 Å². The molecule has 0 aromatic carbocycles. The fourth-order valence-corrected chi connectivity index (χ4v) is 3.32. The molecule has 4 aromatic rings. The van der Waals surface area contributed by atoms with Gasteiger partial charge in [-0.15, -0.1) is 0 Å². The quantitative estimate of drug-likeness (QED) is 0.517. The van der Waals surface area contributed by atoms with E-state index in [2.05, 4.69) is 26.0 Å². The van der Waals surface area contributed by atoms with Gasteiger partial charge in [0.25, 0.3) is 0 Å². The molecule has 0 aliphatic heterocycles. The first-order valence-electron chi connectivity index (χ1n) is 9.28. The molecule has 29 heavy (non-hydrogen) atoms. The van der Waals surface area contributed by atoms with Gasteiger partial charge in [-0.1, -0.05) is 6.07 Å². The topological polar surface area (TPSA) is 72.9 Å². The second kappa shape index (κ2) is 8.26. The molecule has 7 heteroatoms. The zero-order chi connectivity index (χ0) is 20.2. The molecule has 0 spiro atoms. The number of rotatable bonds is 7. The number of ether oxygens (including phenoxy) is 2. The van der Waals surface area contributed by atoms with Gasteiger partial charge in [0.1, 0.15) is 17.2 Å². The van der Waals surface area contributed by atoms with Crippen LogP contribution in [0.15, 0.2) is 49.1 Å². The Hall–Kier alpha value is -3.48.